The van der Waals surface area contributed by atoms with Gasteiger partial charge in [0.15, 0.2) is 0 Å². The van der Waals surface area contributed by atoms with Crippen LogP contribution in [0, 0.1) is 0 Å². The van der Waals surface area contributed by atoms with Gasteiger partial charge in [0.05, 0.1) is 0 Å². The second-order valence-corrected chi connectivity index (χ2v) is 5.17. The van der Waals surface area contributed by atoms with Crippen molar-refractivity contribution in [1.82, 2.24) is 10.2 Å². The zero-order chi connectivity index (χ0) is 10.8. The van der Waals surface area contributed by atoms with E-state index in [1.54, 1.807) is 0 Å². The van der Waals surface area contributed by atoms with Crippen LogP contribution in [0.3, 0.4) is 0 Å². The van der Waals surface area contributed by atoms with Crippen LogP contribution in [0.15, 0.2) is 0 Å². The third-order valence-corrected chi connectivity index (χ3v) is 4.17. The van der Waals surface area contributed by atoms with E-state index in [1.165, 1.54) is 25.7 Å². The third-order valence-electron chi connectivity index (χ3n) is 4.17. The first kappa shape index (κ1) is 12.0. The summed E-state index contributed by atoms with van der Waals surface area (Å²) in [6.45, 7) is 6.97. The van der Waals surface area contributed by atoms with Crippen molar-refractivity contribution in [2.24, 2.45) is 0 Å². The molecule has 2 atom stereocenters. The molecule has 0 bridgehead atoms. The summed E-state index contributed by atoms with van der Waals surface area (Å²) >= 11 is 0. The summed E-state index contributed by atoms with van der Waals surface area (Å²) in [6, 6.07) is 1.43. The molecule has 14 heavy (non-hydrogen) atoms. The quantitative estimate of drug-likeness (QED) is 0.745. The topological polar surface area (TPSA) is 15.3 Å². The molecule has 1 rings (SSSR count). The van der Waals surface area contributed by atoms with E-state index in [-0.39, 0.29) is 0 Å². The Balaban J connectivity index is 2.63. The van der Waals surface area contributed by atoms with Gasteiger partial charge in [0.25, 0.3) is 0 Å². The van der Waals surface area contributed by atoms with Crippen molar-refractivity contribution in [2.75, 3.05) is 14.1 Å². The monoisotopic (exact) mass is 198 g/mol. The van der Waals surface area contributed by atoms with Gasteiger partial charge in [-0.05, 0) is 47.2 Å². The zero-order valence-corrected chi connectivity index (χ0v) is 10.4. The Morgan fingerprint density at radius 3 is 2.50 bits per heavy atom. The minimum absolute atomic E-state index is 0.337. The minimum atomic E-state index is 0.337. The molecule has 0 radical (unpaired) electrons. The van der Waals surface area contributed by atoms with Gasteiger partial charge in [0.2, 0.25) is 0 Å². The fourth-order valence-electron chi connectivity index (χ4n) is 2.44. The van der Waals surface area contributed by atoms with Gasteiger partial charge >= 0.3 is 0 Å². The van der Waals surface area contributed by atoms with Crippen molar-refractivity contribution >= 4 is 0 Å². The Bertz CT molecular complexity index is 177. The molecule has 1 N–H and O–H groups in total. The standard InChI is InChI=1S/C12H26N2/c1-6-12(2,3)14(5)11-9-7-8-10(11)13-4/h10-11,13H,6-9H2,1-5H3. The summed E-state index contributed by atoms with van der Waals surface area (Å²) in [4.78, 5) is 2.57. The van der Waals surface area contributed by atoms with Crippen molar-refractivity contribution in [3.8, 4) is 0 Å². The molecule has 2 nitrogen and oxygen atoms in total. The maximum atomic E-state index is 3.45. The number of likely N-dealkylation sites (N-methyl/N-ethyl adjacent to an activating group) is 2. The molecule has 1 saturated carbocycles. The van der Waals surface area contributed by atoms with Gasteiger partial charge in [-0.15, -0.1) is 0 Å². The summed E-state index contributed by atoms with van der Waals surface area (Å²) < 4.78 is 0. The van der Waals surface area contributed by atoms with Gasteiger partial charge in [-0.2, -0.15) is 0 Å². The first-order valence-electron chi connectivity index (χ1n) is 5.93. The van der Waals surface area contributed by atoms with E-state index in [2.05, 4.69) is 45.1 Å². The second kappa shape index (κ2) is 4.63. The molecular formula is C12H26N2. The lowest BCUT2D eigenvalue weighted by Gasteiger charge is -2.41. The van der Waals surface area contributed by atoms with E-state index in [4.69, 9.17) is 0 Å². The molecule has 0 aromatic carbocycles. The molecule has 0 saturated heterocycles. The molecule has 1 aliphatic rings. The van der Waals surface area contributed by atoms with E-state index < -0.39 is 0 Å². The Labute approximate surface area is 89.1 Å². The fraction of sp³-hybridized carbons (Fsp3) is 1.00. The number of nitrogens with one attached hydrogen (secondary N) is 1. The summed E-state index contributed by atoms with van der Waals surface area (Å²) in [5.41, 5.74) is 0.337. The molecule has 0 aliphatic heterocycles. The highest BCUT2D eigenvalue weighted by atomic mass is 15.2. The SMILES string of the molecule is CCC(C)(C)N(C)C1CCCC1NC. The maximum absolute atomic E-state index is 3.45. The van der Waals surface area contributed by atoms with Crippen LogP contribution in [0.2, 0.25) is 0 Å². The molecule has 2 unspecified atom stereocenters. The van der Waals surface area contributed by atoms with Crippen molar-refractivity contribution < 1.29 is 0 Å². The van der Waals surface area contributed by atoms with E-state index in [0.29, 0.717) is 11.6 Å². The normalized spacial score (nSPS) is 28.7. The highest BCUT2D eigenvalue weighted by Gasteiger charge is 2.35. The predicted octanol–water partition coefficient (Wildman–Crippen LogP) is 2.25. The van der Waals surface area contributed by atoms with Crippen LogP contribution < -0.4 is 5.32 Å². The van der Waals surface area contributed by atoms with Gasteiger partial charge in [-0.1, -0.05) is 13.3 Å². The number of nitrogens with zero attached hydrogens (tertiary/aromatic N) is 1. The first-order valence-corrected chi connectivity index (χ1v) is 5.93. The second-order valence-electron chi connectivity index (χ2n) is 5.17. The fourth-order valence-corrected chi connectivity index (χ4v) is 2.44. The van der Waals surface area contributed by atoms with Crippen LogP contribution in [0.4, 0.5) is 0 Å². The molecule has 84 valence electrons. The number of hydrogen-bond acceptors (Lipinski definition) is 2. The predicted molar refractivity (Wildman–Crippen MR) is 62.6 cm³/mol. The van der Waals surface area contributed by atoms with Crippen LogP contribution in [-0.2, 0) is 0 Å². The molecule has 2 heteroatoms. The van der Waals surface area contributed by atoms with Crippen molar-refractivity contribution in [3.05, 3.63) is 0 Å². The van der Waals surface area contributed by atoms with Gasteiger partial charge in [0, 0.05) is 17.6 Å². The van der Waals surface area contributed by atoms with Gasteiger partial charge in [-0.3, -0.25) is 4.90 Å². The average Bonchev–Trinajstić information content (AvgIpc) is 2.64. The van der Waals surface area contributed by atoms with E-state index in [0.717, 1.165) is 6.04 Å². The molecular weight excluding hydrogens is 172 g/mol. The van der Waals surface area contributed by atoms with E-state index >= 15 is 0 Å². The summed E-state index contributed by atoms with van der Waals surface area (Å²) in [6.07, 6.45) is 5.29. The Hall–Kier alpha value is -0.0800. The molecule has 0 amide bonds. The Morgan fingerprint density at radius 1 is 1.36 bits per heavy atom. The lowest BCUT2D eigenvalue weighted by molar-refractivity contribution is 0.0862. The lowest BCUT2D eigenvalue weighted by Crippen LogP contribution is -2.52. The van der Waals surface area contributed by atoms with Gasteiger partial charge < -0.3 is 5.32 Å². The first-order chi connectivity index (χ1) is 6.53. The lowest BCUT2D eigenvalue weighted by atomic mass is 9.96. The smallest absolute Gasteiger partial charge is 0.0251 e. The Kier molecular flexibility index (Phi) is 3.96. The van der Waals surface area contributed by atoms with Crippen molar-refractivity contribution in [3.63, 3.8) is 0 Å². The van der Waals surface area contributed by atoms with Crippen LogP contribution in [0.25, 0.3) is 0 Å². The van der Waals surface area contributed by atoms with E-state index in [9.17, 15) is 0 Å². The highest BCUT2D eigenvalue weighted by molar-refractivity contribution is 4.93. The minimum Gasteiger partial charge on any atom is -0.315 e. The summed E-state index contributed by atoms with van der Waals surface area (Å²) in [5.74, 6) is 0. The van der Waals surface area contributed by atoms with Crippen molar-refractivity contribution in [1.29, 1.82) is 0 Å². The summed E-state index contributed by atoms with van der Waals surface area (Å²) in [7, 11) is 4.37. The number of rotatable bonds is 4. The zero-order valence-electron chi connectivity index (χ0n) is 10.4. The number of hydrogen-bond donors (Lipinski definition) is 1. The maximum Gasteiger partial charge on any atom is 0.0251 e. The van der Waals surface area contributed by atoms with Crippen molar-refractivity contribution in [2.45, 2.75) is 64.1 Å². The highest BCUT2D eigenvalue weighted by Crippen LogP contribution is 2.29. The largest absolute Gasteiger partial charge is 0.315 e. The third kappa shape index (κ3) is 2.29. The van der Waals surface area contributed by atoms with Crippen LogP contribution in [0.5, 0.6) is 0 Å². The molecule has 0 aromatic rings. The van der Waals surface area contributed by atoms with Gasteiger partial charge in [-0.25, -0.2) is 0 Å². The average molecular weight is 198 g/mol. The van der Waals surface area contributed by atoms with Crippen LogP contribution >= 0.6 is 0 Å². The van der Waals surface area contributed by atoms with Crippen LogP contribution in [0.1, 0.15) is 46.5 Å². The molecule has 0 aromatic heterocycles. The molecule has 1 aliphatic carbocycles. The summed E-state index contributed by atoms with van der Waals surface area (Å²) in [5, 5.41) is 3.45. The van der Waals surface area contributed by atoms with E-state index in [1.807, 2.05) is 0 Å². The van der Waals surface area contributed by atoms with Gasteiger partial charge in [0.1, 0.15) is 0 Å². The molecule has 0 spiro atoms. The van der Waals surface area contributed by atoms with Crippen LogP contribution in [-0.4, -0.2) is 36.6 Å². The molecule has 1 fully saturated rings. The molecule has 0 heterocycles. The Morgan fingerprint density at radius 2 is 2.00 bits per heavy atom.